The van der Waals surface area contributed by atoms with Gasteiger partial charge in [-0.05, 0) is 13.8 Å². The number of ketones is 1. The monoisotopic (exact) mass is 195 g/mol. The van der Waals surface area contributed by atoms with E-state index in [0.717, 1.165) is 0 Å². The lowest BCUT2D eigenvalue weighted by atomic mass is 9.90. The van der Waals surface area contributed by atoms with Gasteiger partial charge in [-0.3, -0.25) is 9.64 Å². The highest BCUT2D eigenvalue weighted by Crippen LogP contribution is 2.22. The normalized spacial score (nSPS) is 14.6. The van der Waals surface area contributed by atoms with Crippen molar-refractivity contribution >= 4 is 11.8 Å². The summed E-state index contributed by atoms with van der Waals surface area (Å²) in [6.45, 7) is 9.90. The molecule has 76 valence electrons. The van der Waals surface area contributed by atoms with Crippen LogP contribution in [0.3, 0.4) is 0 Å². The molecule has 0 amide bonds. The zero-order chi connectivity index (χ0) is 11.2. The van der Waals surface area contributed by atoms with Crippen LogP contribution in [0, 0.1) is 6.57 Å². The lowest BCUT2D eigenvalue weighted by Gasteiger charge is -2.13. The molecule has 0 aliphatic heterocycles. The molecule has 0 fully saturated rings. The number of carbonyl (C=O) groups is 2. The highest BCUT2D eigenvalue weighted by atomic mass is 16.4. The predicted octanol–water partition coefficient (Wildman–Crippen LogP) is 1.67. The number of hydrogen-bond donors (Lipinski definition) is 1. The summed E-state index contributed by atoms with van der Waals surface area (Å²) in [6.07, 6.45) is 3.09. The Labute approximate surface area is 83.1 Å². The first-order valence-electron chi connectivity index (χ1n) is 4.21. The Morgan fingerprint density at radius 3 is 2.43 bits per heavy atom. The quantitative estimate of drug-likeness (QED) is 0.536. The molecule has 0 heterocycles. The lowest BCUT2D eigenvalue weighted by Crippen LogP contribution is -2.36. The fraction of sp³-hybridized carbons (Fsp3) is 0.500. The van der Waals surface area contributed by atoms with Crippen LogP contribution in [0.1, 0.15) is 26.7 Å². The molecule has 0 aromatic carbocycles. The smallest absolute Gasteiger partial charge is 0.391 e. The van der Waals surface area contributed by atoms with Gasteiger partial charge in [-0.15, -0.1) is 0 Å². The zero-order valence-electron chi connectivity index (χ0n) is 8.28. The fourth-order valence-electron chi connectivity index (χ4n) is 1.09. The summed E-state index contributed by atoms with van der Waals surface area (Å²) in [5.74, 6) is -1.52. The largest absolute Gasteiger partial charge is 0.475 e. The Morgan fingerprint density at radius 1 is 1.57 bits per heavy atom. The number of Topliss-reactive ketones (excluding diaryl/α,β-unsaturated/α-hetero) is 1. The first-order valence-corrected chi connectivity index (χ1v) is 4.21. The first kappa shape index (κ1) is 12.4. The number of carbonyl (C=O) groups excluding carboxylic acids is 1. The van der Waals surface area contributed by atoms with E-state index in [1.165, 1.54) is 6.92 Å². The summed E-state index contributed by atoms with van der Waals surface area (Å²) in [5, 5.41) is 8.90. The van der Waals surface area contributed by atoms with Crippen molar-refractivity contribution in [3.05, 3.63) is 23.6 Å². The molecule has 0 rings (SSSR count). The molecule has 4 nitrogen and oxygen atoms in total. The van der Waals surface area contributed by atoms with Crippen LogP contribution in [0.15, 0.2) is 12.2 Å². The van der Waals surface area contributed by atoms with E-state index in [4.69, 9.17) is 11.7 Å². The molecule has 0 unspecified atom stereocenters. The topological polar surface area (TPSA) is 58.7 Å². The fourth-order valence-corrected chi connectivity index (χ4v) is 1.09. The second kappa shape index (κ2) is 5.18. The maximum atomic E-state index is 10.9. The van der Waals surface area contributed by atoms with E-state index in [1.807, 2.05) is 0 Å². The molecular formula is C10H13NO3. The number of aliphatic carboxylic acids is 1. The maximum Gasteiger partial charge on any atom is 0.391 e. The van der Waals surface area contributed by atoms with E-state index in [-0.39, 0.29) is 18.6 Å². The van der Waals surface area contributed by atoms with Crippen LogP contribution in [0.25, 0.3) is 4.85 Å². The first-order chi connectivity index (χ1) is 6.48. The third kappa shape index (κ3) is 3.02. The highest BCUT2D eigenvalue weighted by molar-refractivity contribution is 5.89. The average Bonchev–Trinajstić information content (AvgIpc) is 2.11. The van der Waals surface area contributed by atoms with Crippen molar-refractivity contribution in [2.45, 2.75) is 32.2 Å². The third-order valence-corrected chi connectivity index (χ3v) is 1.84. The van der Waals surface area contributed by atoms with Gasteiger partial charge in [-0.2, -0.15) is 0 Å². The third-order valence-electron chi connectivity index (χ3n) is 1.84. The molecule has 0 bridgehead atoms. The lowest BCUT2D eigenvalue weighted by molar-refractivity contribution is -0.143. The Kier molecular flexibility index (Phi) is 4.57. The van der Waals surface area contributed by atoms with Crippen LogP contribution in [0.2, 0.25) is 0 Å². The van der Waals surface area contributed by atoms with Crippen LogP contribution < -0.4 is 0 Å². The Hall–Kier alpha value is -1.63. The molecule has 0 saturated heterocycles. The standard InChI is InChI=1S/C10H13NO3/c1-4-5-6-10(11-3,9(13)14)7-8(2)12/h4-5H,6-7H2,1-2H3,(H,13,14)/b5-4+/t10-/m1/s1. The van der Waals surface area contributed by atoms with Gasteiger partial charge in [0.25, 0.3) is 0 Å². The molecule has 14 heavy (non-hydrogen) atoms. The molecule has 1 atom stereocenters. The van der Waals surface area contributed by atoms with Crippen LogP contribution in [0.5, 0.6) is 0 Å². The molecular weight excluding hydrogens is 182 g/mol. The molecule has 0 aliphatic rings. The summed E-state index contributed by atoms with van der Waals surface area (Å²) < 4.78 is 0. The van der Waals surface area contributed by atoms with Crippen LogP contribution in [-0.2, 0) is 9.59 Å². The summed E-state index contributed by atoms with van der Waals surface area (Å²) in [5.41, 5.74) is -1.61. The van der Waals surface area contributed by atoms with Gasteiger partial charge in [-0.1, -0.05) is 12.2 Å². The minimum Gasteiger partial charge on any atom is -0.475 e. The SMILES string of the molecule is [C-]#[N+][C@](C/C=C/C)(CC(C)=O)C(=O)O. The van der Waals surface area contributed by atoms with E-state index in [9.17, 15) is 9.59 Å². The van der Waals surface area contributed by atoms with Gasteiger partial charge >= 0.3 is 11.5 Å². The zero-order valence-corrected chi connectivity index (χ0v) is 8.28. The van der Waals surface area contributed by atoms with Crippen molar-refractivity contribution in [3.63, 3.8) is 0 Å². The number of nitrogens with zero attached hydrogens (tertiary/aromatic N) is 1. The van der Waals surface area contributed by atoms with Gasteiger partial charge < -0.3 is 5.11 Å². The highest BCUT2D eigenvalue weighted by Gasteiger charge is 2.45. The number of carboxylic acid groups (broad SMARTS) is 1. The van der Waals surface area contributed by atoms with Crippen molar-refractivity contribution in [2.24, 2.45) is 0 Å². The van der Waals surface area contributed by atoms with Crippen LogP contribution in [0.4, 0.5) is 0 Å². The van der Waals surface area contributed by atoms with Crippen molar-refractivity contribution < 1.29 is 14.7 Å². The Morgan fingerprint density at radius 2 is 2.14 bits per heavy atom. The molecule has 0 radical (unpaired) electrons. The van der Waals surface area contributed by atoms with Crippen LogP contribution >= 0.6 is 0 Å². The van der Waals surface area contributed by atoms with Crippen molar-refractivity contribution in [1.29, 1.82) is 0 Å². The number of carboxylic acids is 1. The van der Waals surface area contributed by atoms with Crippen molar-refractivity contribution in [3.8, 4) is 0 Å². The summed E-state index contributed by atoms with van der Waals surface area (Å²) in [7, 11) is 0. The Balaban J connectivity index is 4.90. The summed E-state index contributed by atoms with van der Waals surface area (Å²) in [6, 6.07) is 0. The van der Waals surface area contributed by atoms with E-state index >= 15 is 0 Å². The average molecular weight is 195 g/mol. The molecule has 1 N–H and O–H groups in total. The minimum atomic E-state index is -1.61. The molecule has 0 spiro atoms. The summed E-state index contributed by atoms with van der Waals surface area (Å²) in [4.78, 5) is 24.8. The predicted molar refractivity (Wildman–Crippen MR) is 51.7 cm³/mol. The summed E-state index contributed by atoms with van der Waals surface area (Å²) >= 11 is 0. The number of hydrogen-bond acceptors (Lipinski definition) is 2. The Bertz CT molecular complexity index is 301. The second-order valence-corrected chi connectivity index (χ2v) is 3.10. The number of rotatable bonds is 5. The van der Waals surface area contributed by atoms with Gasteiger partial charge in [0.05, 0.1) is 12.8 Å². The van der Waals surface area contributed by atoms with Crippen molar-refractivity contribution in [2.75, 3.05) is 0 Å². The van der Waals surface area contributed by atoms with Gasteiger partial charge in [0.15, 0.2) is 0 Å². The molecule has 0 aromatic rings. The molecule has 0 saturated carbocycles. The molecule has 4 heteroatoms. The van der Waals surface area contributed by atoms with Gasteiger partial charge in [0.1, 0.15) is 5.78 Å². The second-order valence-electron chi connectivity index (χ2n) is 3.10. The maximum absolute atomic E-state index is 10.9. The van der Waals surface area contributed by atoms with E-state index in [1.54, 1.807) is 19.1 Å². The van der Waals surface area contributed by atoms with Crippen molar-refractivity contribution in [1.82, 2.24) is 0 Å². The van der Waals surface area contributed by atoms with Gasteiger partial charge in [-0.25, -0.2) is 11.4 Å². The van der Waals surface area contributed by atoms with E-state index in [0.29, 0.717) is 0 Å². The number of allylic oxidation sites excluding steroid dienone is 1. The van der Waals surface area contributed by atoms with Crippen LogP contribution in [-0.4, -0.2) is 22.4 Å². The molecule has 0 aliphatic carbocycles. The van der Waals surface area contributed by atoms with E-state index < -0.39 is 11.5 Å². The van der Waals surface area contributed by atoms with Gasteiger partial charge in [0, 0.05) is 0 Å². The minimum absolute atomic E-state index is 0.0713. The van der Waals surface area contributed by atoms with Gasteiger partial charge in [0.2, 0.25) is 0 Å². The van der Waals surface area contributed by atoms with E-state index in [2.05, 4.69) is 4.85 Å². The molecule has 0 aromatic heterocycles.